The molecule has 0 unspecified atom stereocenters. The van der Waals surface area contributed by atoms with Gasteiger partial charge in [-0.05, 0) is 59.2 Å². The molecule has 0 radical (unpaired) electrons. The predicted molar refractivity (Wildman–Crippen MR) is 178 cm³/mol. The van der Waals surface area contributed by atoms with Crippen LogP contribution in [0.25, 0.3) is 0 Å². The molecule has 0 bridgehead atoms. The van der Waals surface area contributed by atoms with Crippen molar-refractivity contribution in [2.45, 2.75) is 83.3 Å². The highest BCUT2D eigenvalue weighted by molar-refractivity contribution is 7.92. The molecule has 2 amide bonds. The summed E-state index contributed by atoms with van der Waals surface area (Å²) in [7, 11) is -3.83. The number of rotatable bonds is 11. The molecule has 1 saturated carbocycles. The second kappa shape index (κ2) is 14.6. The SMILES string of the molecule is CC(C)(C)c1ccc(N(CC(=O)N(Cc2ccc(Cl)cc2)[C@H](Cc2ccccc2)C(=O)NC2CCCCC2)S(C)(=O)=O)cc1. The molecule has 0 heterocycles. The van der Waals surface area contributed by atoms with Gasteiger partial charge in [0, 0.05) is 24.0 Å². The Morgan fingerprint density at radius 3 is 2.07 bits per heavy atom. The maximum atomic E-state index is 14.3. The predicted octanol–water partition coefficient (Wildman–Crippen LogP) is 6.49. The molecule has 7 nitrogen and oxygen atoms in total. The maximum absolute atomic E-state index is 14.3. The third kappa shape index (κ3) is 9.32. The molecule has 1 aliphatic rings. The van der Waals surface area contributed by atoms with Crippen molar-refractivity contribution >= 4 is 39.1 Å². The highest BCUT2D eigenvalue weighted by Gasteiger charge is 2.34. The van der Waals surface area contributed by atoms with E-state index in [0.29, 0.717) is 10.7 Å². The van der Waals surface area contributed by atoms with Crippen molar-refractivity contribution < 1.29 is 18.0 Å². The molecule has 1 aliphatic carbocycles. The van der Waals surface area contributed by atoms with Crippen molar-refractivity contribution in [2.75, 3.05) is 17.1 Å². The van der Waals surface area contributed by atoms with Crippen molar-refractivity contribution in [3.05, 3.63) is 101 Å². The number of hydrogen-bond donors (Lipinski definition) is 1. The van der Waals surface area contributed by atoms with Gasteiger partial charge in [-0.15, -0.1) is 0 Å². The largest absolute Gasteiger partial charge is 0.352 e. The van der Waals surface area contributed by atoms with Gasteiger partial charge in [0.15, 0.2) is 0 Å². The minimum atomic E-state index is -3.83. The van der Waals surface area contributed by atoms with Gasteiger partial charge < -0.3 is 10.2 Å². The summed E-state index contributed by atoms with van der Waals surface area (Å²) >= 11 is 6.15. The second-order valence-corrected chi connectivity index (χ2v) is 15.1. The lowest BCUT2D eigenvalue weighted by Gasteiger charge is -2.35. The van der Waals surface area contributed by atoms with Crippen LogP contribution in [-0.4, -0.2) is 50.0 Å². The fourth-order valence-corrected chi connectivity index (χ4v) is 6.60. The zero-order chi connectivity index (χ0) is 31.9. The Labute approximate surface area is 267 Å². The number of benzene rings is 3. The van der Waals surface area contributed by atoms with Gasteiger partial charge in [0.05, 0.1) is 11.9 Å². The molecule has 3 aromatic carbocycles. The Kier molecular flexibility index (Phi) is 11.1. The molecule has 0 saturated heterocycles. The number of carbonyl (C=O) groups is 2. The number of amides is 2. The van der Waals surface area contributed by atoms with Crippen molar-refractivity contribution in [2.24, 2.45) is 0 Å². The number of nitrogens with zero attached hydrogens (tertiary/aromatic N) is 2. The lowest BCUT2D eigenvalue weighted by molar-refractivity contribution is -0.140. The van der Waals surface area contributed by atoms with Crippen molar-refractivity contribution in [3.63, 3.8) is 0 Å². The van der Waals surface area contributed by atoms with Crippen LogP contribution in [-0.2, 0) is 38.0 Å². The molecule has 1 atom stereocenters. The van der Waals surface area contributed by atoms with Crippen LogP contribution < -0.4 is 9.62 Å². The summed E-state index contributed by atoms with van der Waals surface area (Å²) in [6, 6.07) is 23.2. The van der Waals surface area contributed by atoms with Gasteiger partial charge in [0.25, 0.3) is 0 Å². The Balaban J connectivity index is 1.71. The van der Waals surface area contributed by atoms with Gasteiger partial charge in [-0.1, -0.05) is 106 Å². The quantitative estimate of drug-likeness (QED) is 0.260. The standard InChI is InChI=1S/C35H44ClN3O4S/c1-35(2,3)28-17-21-31(22-18-28)39(44(4,42)43)25-33(40)38(24-27-15-19-29(36)20-16-27)32(23-26-11-7-5-8-12-26)34(41)37-30-13-9-6-10-14-30/h5,7-8,11-12,15-22,30,32H,6,9-10,13-14,23-25H2,1-4H3,(H,37,41)/t32-/m1/s1. The fraction of sp³-hybridized carbons (Fsp3) is 0.429. The topological polar surface area (TPSA) is 86.8 Å². The van der Waals surface area contributed by atoms with Crippen LogP contribution in [0.4, 0.5) is 5.69 Å². The third-order valence-corrected chi connectivity index (χ3v) is 9.58. The van der Waals surface area contributed by atoms with Gasteiger partial charge in [-0.2, -0.15) is 0 Å². The molecule has 0 aromatic heterocycles. The number of hydrogen-bond acceptors (Lipinski definition) is 4. The number of carbonyl (C=O) groups excluding carboxylic acids is 2. The van der Waals surface area contributed by atoms with E-state index in [4.69, 9.17) is 11.6 Å². The molecular weight excluding hydrogens is 594 g/mol. The van der Waals surface area contributed by atoms with E-state index in [9.17, 15) is 18.0 Å². The van der Waals surface area contributed by atoms with Crippen LogP contribution in [0.5, 0.6) is 0 Å². The van der Waals surface area contributed by atoms with E-state index in [1.807, 2.05) is 54.6 Å². The number of halogens is 1. The Morgan fingerprint density at radius 1 is 0.886 bits per heavy atom. The zero-order valence-electron chi connectivity index (χ0n) is 26.1. The van der Waals surface area contributed by atoms with Gasteiger partial charge >= 0.3 is 0 Å². The van der Waals surface area contributed by atoms with Crippen LogP contribution in [0.2, 0.25) is 5.02 Å². The normalized spacial score (nSPS) is 14.9. The van der Waals surface area contributed by atoms with Gasteiger partial charge in [-0.25, -0.2) is 8.42 Å². The Hall–Kier alpha value is -3.36. The van der Waals surface area contributed by atoms with Gasteiger partial charge in [0.1, 0.15) is 12.6 Å². The summed E-state index contributed by atoms with van der Waals surface area (Å²) in [6.07, 6.45) is 6.45. The van der Waals surface area contributed by atoms with E-state index >= 15 is 0 Å². The summed E-state index contributed by atoms with van der Waals surface area (Å²) < 4.78 is 27.3. The first-order valence-corrected chi connectivity index (χ1v) is 17.5. The molecule has 4 rings (SSSR count). The first-order valence-electron chi connectivity index (χ1n) is 15.3. The molecule has 1 N–H and O–H groups in total. The van der Waals surface area contributed by atoms with Crippen LogP contribution in [0, 0.1) is 0 Å². The molecule has 236 valence electrons. The van der Waals surface area contributed by atoms with E-state index < -0.39 is 28.5 Å². The molecule has 0 aliphatic heterocycles. The minimum absolute atomic E-state index is 0.0517. The van der Waals surface area contributed by atoms with Crippen LogP contribution >= 0.6 is 11.6 Å². The third-order valence-electron chi connectivity index (χ3n) is 8.19. The summed E-state index contributed by atoms with van der Waals surface area (Å²) in [4.78, 5) is 29.9. The summed E-state index contributed by atoms with van der Waals surface area (Å²) in [6.45, 7) is 5.93. The molecule has 0 spiro atoms. The maximum Gasteiger partial charge on any atom is 0.244 e. The monoisotopic (exact) mass is 637 g/mol. The van der Waals surface area contributed by atoms with E-state index in [0.717, 1.165) is 59.4 Å². The first-order chi connectivity index (χ1) is 20.8. The highest BCUT2D eigenvalue weighted by atomic mass is 35.5. The highest BCUT2D eigenvalue weighted by Crippen LogP contribution is 2.27. The zero-order valence-corrected chi connectivity index (χ0v) is 27.7. The van der Waals surface area contributed by atoms with E-state index in [-0.39, 0.29) is 30.3 Å². The Morgan fingerprint density at radius 2 is 1.50 bits per heavy atom. The van der Waals surface area contributed by atoms with E-state index in [1.165, 1.54) is 4.90 Å². The summed E-state index contributed by atoms with van der Waals surface area (Å²) in [5.41, 5.74) is 3.02. The number of anilines is 1. The smallest absolute Gasteiger partial charge is 0.244 e. The minimum Gasteiger partial charge on any atom is -0.352 e. The van der Waals surface area contributed by atoms with Gasteiger partial charge in [0.2, 0.25) is 21.8 Å². The first kappa shape index (κ1) is 33.5. The molecule has 1 fully saturated rings. The summed E-state index contributed by atoms with van der Waals surface area (Å²) in [5.74, 6) is -0.700. The van der Waals surface area contributed by atoms with Crippen LogP contribution in [0.15, 0.2) is 78.9 Å². The number of sulfonamides is 1. The molecule has 3 aromatic rings. The van der Waals surface area contributed by atoms with Crippen molar-refractivity contribution in [3.8, 4) is 0 Å². The average molecular weight is 638 g/mol. The van der Waals surface area contributed by atoms with Crippen LogP contribution in [0.1, 0.15) is 69.6 Å². The van der Waals surface area contributed by atoms with Crippen molar-refractivity contribution in [1.82, 2.24) is 10.2 Å². The number of nitrogens with one attached hydrogen (secondary N) is 1. The average Bonchev–Trinajstić information content (AvgIpc) is 2.98. The van der Waals surface area contributed by atoms with Gasteiger partial charge in [-0.3, -0.25) is 13.9 Å². The lowest BCUT2D eigenvalue weighted by atomic mass is 9.87. The van der Waals surface area contributed by atoms with E-state index in [1.54, 1.807) is 24.3 Å². The molecule has 9 heteroatoms. The second-order valence-electron chi connectivity index (χ2n) is 12.8. The fourth-order valence-electron chi connectivity index (χ4n) is 5.63. The van der Waals surface area contributed by atoms with Crippen LogP contribution in [0.3, 0.4) is 0 Å². The molecule has 44 heavy (non-hydrogen) atoms. The Bertz CT molecular complexity index is 1500. The molecular formula is C35H44ClN3O4S. The summed E-state index contributed by atoms with van der Waals surface area (Å²) in [5, 5.41) is 3.78. The van der Waals surface area contributed by atoms with Crippen molar-refractivity contribution in [1.29, 1.82) is 0 Å². The van der Waals surface area contributed by atoms with E-state index in [2.05, 4.69) is 26.1 Å². The lowest BCUT2D eigenvalue weighted by Crippen LogP contribution is -2.55.